The zero-order valence-electron chi connectivity index (χ0n) is 13.3. The van der Waals surface area contributed by atoms with Crippen molar-refractivity contribution in [3.05, 3.63) is 0 Å². The molecular formula is C15H30N2OS. The van der Waals surface area contributed by atoms with Gasteiger partial charge in [0.05, 0.1) is 10.5 Å². The van der Waals surface area contributed by atoms with Crippen LogP contribution in [0.15, 0.2) is 0 Å². The van der Waals surface area contributed by atoms with E-state index in [-0.39, 0.29) is 11.3 Å². The Balaban J connectivity index is 4.56. The van der Waals surface area contributed by atoms with Crippen molar-refractivity contribution >= 4 is 23.1 Å². The van der Waals surface area contributed by atoms with Crippen LogP contribution in [0, 0.1) is 11.3 Å². The lowest BCUT2D eigenvalue weighted by Gasteiger charge is -2.32. The summed E-state index contributed by atoms with van der Waals surface area (Å²) in [6, 6.07) is 0. The average molecular weight is 286 g/mol. The summed E-state index contributed by atoms with van der Waals surface area (Å²) in [7, 11) is 0. The first-order valence-electron chi connectivity index (χ1n) is 7.17. The first kappa shape index (κ1) is 18.4. The summed E-state index contributed by atoms with van der Waals surface area (Å²) in [5.41, 5.74) is 5.52. The predicted octanol–water partition coefficient (Wildman–Crippen LogP) is 3.41. The molecule has 112 valence electrons. The highest BCUT2D eigenvalue weighted by Gasteiger charge is 2.31. The largest absolute Gasteiger partial charge is 0.391 e. The van der Waals surface area contributed by atoms with Crippen molar-refractivity contribution in [2.45, 2.75) is 72.8 Å². The lowest BCUT2D eigenvalue weighted by Crippen LogP contribution is -2.56. The van der Waals surface area contributed by atoms with Gasteiger partial charge < -0.3 is 11.1 Å². The van der Waals surface area contributed by atoms with Crippen LogP contribution in [-0.2, 0) is 4.79 Å². The van der Waals surface area contributed by atoms with Gasteiger partial charge in [0.25, 0.3) is 0 Å². The second-order valence-corrected chi connectivity index (χ2v) is 7.22. The second-order valence-electron chi connectivity index (χ2n) is 6.78. The molecule has 0 aliphatic rings. The van der Waals surface area contributed by atoms with Gasteiger partial charge in [-0.25, -0.2) is 0 Å². The molecule has 19 heavy (non-hydrogen) atoms. The fraction of sp³-hybridized carbons (Fsp3) is 0.867. The van der Waals surface area contributed by atoms with Crippen LogP contribution in [0.25, 0.3) is 0 Å². The fourth-order valence-corrected chi connectivity index (χ4v) is 2.93. The van der Waals surface area contributed by atoms with Crippen molar-refractivity contribution in [1.29, 1.82) is 0 Å². The van der Waals surface area contributed by atoms with Gasteiger partial charge in [0.1, 0.15) is 0 Å². The monoisotopic (exact) mass is 286 g/mol. The van der Waals surface area contributed by atoms with Gasteiger partial charge in [-0.2, -0.15) is 0 Å². The van der Waals surface area contributed by atoms with Gasteiger partial charge in [-0.05, 0) is 30.6 Å². The predicted molar refractivity (Wildman–Crippen MR) is 86.1 cm³/mol. The number of hydrogen-bond acceptors (Lipinski definition) is 2. The van der Waals surface area contributed by atoms with Crippen LogP contribution in [-0.4, -0.2) is 16.4 Å². The highest BCUT2D eigenvalue weighted by Crippen LogP contribution is 2.26. The van der Waals surface area contributed by atoms with Crippen LogP contribution >= 0.6 is 12.2 Å². The Morgan fingerprint density at radius 1 is 1.26 bits per heavy atom. The topological polar surface area (TPSA) is 55.1 Å². The number of thiocarbonyl (C=S) groups is 1. The van der Waals surface area contributed by atoms with Gasteiger partial charge in [0.2, 0.25) is 5.91 Å². The van der Waals surface area contributed by atoms with E-state index < -0.39 is 5.54 Å². The van der Waals surface area contributed by atoms with E-state index in [1.165, 1.54) is 0 Å². The molecule has 4 heteroatoms. The molecule has 1 unspecified atom stereocenters. The number of carbonyl (C=O) groups excluding carboxylic acids is 1. The smallest absolute Gasteiger partial charge is 0.221 e. The van der Waals surface area contributed by atoms with Crippen LogP contribution in [0.2, 0.25) is 0 Å². The molecule has 0 aromatic heterocycles. The molecule has 0 rings (SSSR count). The van der Waals surface area contributed by atoms with Crippen LogP contribution in [0.3, 0.4) is 0 Å². The Hall–Kier alpha value is -0.640. The van der Waals surface area contributed by atoms with E-state index >= 15 is 0 Å². The van der Waals surface area contributed by atoms with E-state index in [1.54, 1.807) is 0 Å². The Bertz CT molecular complexity index is 317. The first-order valence-corrected chi connectivity index (χ1v) is 7.58. The molecule has 0 aliphatic heterocycles. The van der Waals surface area contributed by atoms with Crippen molar-refractivity contribution in [1.82, 2.24) is 5.32 Å². The molecule has 3 N–H and O–H groups in total. The summed E-state index contributed by atoms with van der Waals surface area (Å²) in [6.07, 6.45) is 3.02. The van der Waals surface area contributed by atoms with Crippen LogP contribution in [0.5, 0.6) is 0 Å². The van der Waals surface area contributed by atoms with Crippen LogP contribution < -0.4 is 11.1 Å². The quantitative estimate of drug-likeness (QED) is 0.705. The lowest BCUT2D eigenvalue weighted by atomic mass is 9.84. The highest BCUT2D eigenvalue weighted by molar-refractivity contribution is 7.80. The van der Waals surface area contributed by atoms with Gasteiger partial charge >= 0.3 is 0 Å². The zero-order valence-corrected chi connectivity index (χ0v) is 14.1. The maximum absolute atomic E-state index is 12.2. The van der Waals surface area contributed by atoms with Crippen molar-refractivity contribution in [3.8, 4) is 0 Å². The molecule has 0 fully saturated rings. The minimum atomic E-state index is -0.520. The van der Waals surface area contributed by atoms with Crippen molar-refractivity contribution < 1.29 is 4.79 Å². The minimum Gasteiger partial charge on any atom is -0.391 e. The summed E-state index contributed by atoms with van der Waals surface area (Å²) in [5.74, 6) is 0.408. The molecule has 1 atom stereocenters. The molecule has 0 heterocycles. The van der Waals surface area contributed by atoms with Gasteiger partial charge in [0, 0.05) is 6.42 Å². The molecule has 0 aliphatic carbocycles. The van der Waals surface area contributed by atoms with E-state index in [0.717, 1.165) is 19.3 Å². The number of amides is 1. The van der Waals surface area contributed by atoms with Crippen LogP contribution in [0.1, 0.15) is 67.2 Å². The van der Waals surface area contributed by atoms with E-state index in [4.69, 9.17) is 18.0 Å². The molecule has 0 saturated heterocycles. The number of rotatable bonds is 7. The Kier molecular flexibility index (Phi) is 6.98. The third-order valence-corrected chi connectivity index (χ3v) is 3.94. The molecular weight excluding hydrogens is 256 g/mol. The zero-order chi connectivity index (χ0) is 15.3. The van der Waals surface area contributed by atoms with E-state index in [0.29, 0.717) is 17.3 Å². The summed E-state index contributed by atoms with van der Waals surface area (Å²) >= 11 is 5.11. The molecule has 0 saturated carbocycles. The van der Waals surface area contributed by atoms with E-state index in [1.807, 2.05) is 13.8 Å². The Morgan fingerprint density at radius 3 is 2.05 bits per heavy atom. The number of nitrogens with one attached hydrogen (secondary N) is 1. The highest BCUT2D eigenvalue weighted by atomic mass is 32.1. The third kappa shape index (κ3) is 6.37. The minimum absolute atomic E-state index is 0.0493. The first-order chi connectivity index (χ1) is 8.56. The molecule has 0 radical (unpaired) electrons. The van der Waals surface area contributed by atoms with E-state index in [2.05, 4.69) is 33.0 Å². The van der Waals surface area contributed by atoms with Gasteiger partial charge in [0.15, 0.2) is 0 Å². The summed E-state index contributed by atoms with van der Waals surface area (Å²) in [4.78, 5) is 12.5. The van der Waals surface area contributed by atoms with Gasteiger partial charge in [-0.15, -0.1) is 0 Å². The Labute approximate surface area is 123 Å². The standard InChI is InChI=1S/C15H30N2OS/c1-7-15(8-2,13(16)19)17-12(18)9-11(3)10-14(4,5)6/h11H,7-10H2,1-6H3,(H2,16,19)(H,17,18). The van der Waals surface area contributed by atoms with Gasteiger partial charge in [-0.3, -0.25) is 4.79 Å². The number of nitrogens with two attached hydrogens (primary N) is 1. The summed E-state index contributed by atoms with van der Waals surface area (Å²) in [6.45, 7) is 12.7. The molecule has 0 aromatic rings. The molecule has 0 spiro atoms. The molecule has 0 aromatic carbocycles. The molecule has 3 nitrogen and oxygen atoms in total. The fourth-order valence-electron chi connectivity index (χ4n) is 2.59. The maximum atomic E-state index is 12.2. The summed E-state index contributed by atoms with van der Waals surface area (Å²) < 4.78 is 0. The van der Waals surface area contributed by atoms with Crippen molar-refractivity contribution in [2.75, 3.05) is 0 Å². The summed E-state index contributed by atoms with van der Waals surface area (Å²) in [5, 5.41) is 3.04. The van der Waals surface area contributed by atoms with Gasteiger partial charge in [-0.1, -0.05) is 53.8 Å². The molecule has 0 bridgehead atoms. The average Bonchev–Trinajstić information content (AvgIpc) is 2.22. The second kappa shape index (κ2) is 7.22. The normalized spacial score (nSPS) is 14.0. The Morgan fingerprint density at radius 2 is 1.74 bits per heavy atom. The SMILES string of the molecule is CCC(CC)(NC(=O)CC(C)CC(C)(C)C)C(N)=S. The molecule has 1 amide bonds. The van der Waals surface area contributed by atoms with E-state index in [9.17, 15) is 4.79 Å². The third-order valence-electron chi connectivity index (χ3n) is 3.55. The maximum Gasteiger partial charge on any atom is 0.221 e. The number of hydrogen-bond donors (Lipinski definition) is 2. The lowest BCUT2D eigenvalue weighted by molar-refractivity contribution is -0.123. The number of carbonyl (C=O) groups is 1. The van der Waals surface area contributed by atoms with Crippen LogP contribution in [0.4, 0.5) is 0 Å². The van der Waals surface area contributed by atoms with Crippen molar-refractivity contribution in [3.63, 3.8) is 0 Å². The van der Waals surface area contributed by atoms with Crippen molar-refractivity contribution in [2.24, 2.45) is 17.1 Å².